The molecule has 0 fully saturated rings. The largest absolute Gasteiger partial charge is 0.493 e. The Morgan fingerprint density at radius 2 is 2.18 bits per heavy atom. The molecule has 1 nitrogen and oxygen atoms in total. The van der Waals surface area contributed by atoms with Gasteiger partial charge in [-0.25, -0.2) is 0 Å². The molecule has 17 heavy (non-hydrogen) atoms. The van der Waals surface area contributed by atoms with Crippen molar-refractivity contribution in [3.63, 3.8) is 0 Å². The minimum atomic E-state index is 0.428. The number of halogens is 1. The van der Waals surface area contributed by atoms with Crippen molar-refractivity contribution in [1.82, 2.24) is 0 Å². The Labute approximate surface area is 109 Å². The molecule has 1 aromatic carbocycles. The predicted octanol–water partition coefficient (Wildman–Crippen LogP) is 5.20. The summed E-state index contributed by atoms with van der Waals surface area (Å²) >= 11 is 6.06. The van der Waals surface area contributed by atoms with Crippen LogP contribution < -0.4 is 4.74 Å². The third-order valence-electron chi connectivity index (χ3n) is 2.69. The summed E-state index contributed by atoms with van der Waals surface area (Å²) in [5.41, 5.74) is 1.20. The van der Waals surface area contributed by atoms with Gasteiger partial charge in [-0.15, -0.1) is 0 Å². The second-order valence-electron chi connectivity index (χ2n) is 4.24. The second-order valence-corrected chi connectivity index (χ2v) is 4.67. The number of rotatable bonds is 6. The van der Waals surface area contributed by atoms with Crippen LogP contribution in [0.2, 0.25) is 5.02 Å². The molecule has 1 atom stereocenters. The summed E-state index contributed by atoms with van der Waals surface area (Å²) in [6, 6.07) is 5.87. The molecule has 0 aromatic heterocycles. The summed E-state index contributed by atoms with van der Waals surface area (Å²) in [7, 11) is 0. The summed E-state index contributed by atoms with van der Waals surface area (Å²) in [5, 5.41) is 0.774. The van der Waals surface area contributed by atoms with Gasteiger partial charge in [0.15, 0.2) is 0 Å². The zero-order valence-electron chi connectivity index (χ0n) is 10.9. The van der Waals surface area contributed by atoms with Gasteiger partial charge in [0.25, 0.3) is 0 Å². The molecule has 1 rings (SSSR count). The van der Waals surface area contributed by atoms with Gasteiger partial charge < -0.3 is 4.74 Å². The van der Waals surface area contributed by atoms with Crippen molar-refractivity contribution in [2.45, 2.75) is 39.5 Å². The van der Waals surface area contributed by atoms with E-state index in [1.165, 1.54) is 5.56 Å². The van der Waals surface area contributed by atoms with Crippen LogP contribution in [-0.2, 0) is 0 Å². The van der Waals surface area contributed by atoms with E-state index in [0.29, 0.717) is 5.92 Å². The zero-order chi connectivity index (χ0) is 12.7. The quantitative estimate of drug-likeness (QED) is 0.633. The Morgan fingerprint density at radius 1 is 1.41 bits per heavy atom. The van der Waals surface area contributed by atoms with Crippen LogP contribution in [0.25, 0.3) is 0 Å². The van der Waals surface area contributed by atoms with Gasteiger partial charge in [-0.05, 0) is 49.4 Å². The van der Waals surface area contributed by atoms with E-state index >= 15 is 0 Å². The lowest BCUT2D eigenvalue weighted by molar-refractivity contribution is 0.312. The van der Waals surface area contributed by atoms with Crippen LogP contribution in [0.5, 0.6) is 5.75 Å². The van der Waals surface area contributed by atoms with Gasteiger partial charge in [0.05, 0.1) is 6.61 Å². The average molecular weight is 253 g/mol. The SMILES string of the molecule is C/C=C\CC(C)c1cc(Cl)ccc1OCCC. The van der Waals surface area contributed by atoms with Crippen LogP contribution in [0.3, 0.4) is 0 Å². The molecule has 0 aliphatic carbocycles. The zero-order valence-corrected chi connectivity index (χ0v) is 11.6. The highest BCUT2D eigenvalue weighted by molar-refractivity contribution is 6.30. The molecule has 0 saturated carbocycles. The van der Waals surface area contributed by atoms with Gasteiger partial charge in [0, 0.05) is 5.02 Å². The predicted molar refractivity (Wildman–Crippen MR) is 75.1 cm³/mol. The van der Waals surface area contributed by atoms with Gasteiger partial charge in [-0.2, -0.15) is 0 Å². The average Bonchev–Trinajstić information content (AvgIpc) is 2.34. The first-order valence-electron chi connectivity index (χ1n) is 6.22. The first-order valence-corrected chi connectivity index (χ1v) is 6.60. The smallest absolute Gasteiger partial charge is 0.122 e. The minimum Gasteiger partial charge on any atom is -0.493 e. The maximum atomic E-state index is 6.06. The Hall–Kier alpha value is -0.950. The molecule has 0 saturated heterocycles. The number of allylic oxidation sites excluding steroid dienone is 2. The van der Waals surface area contributed by atoms with Crippen LogP contribution in [0.15, 0.2) is 30.4 Å². The van der Waals surface area contributed by atoms with E-state index in [0.717, 1.165) is 30.2 Å². The minimum absolute atomic E-state index is 0.428. The molecule has 0 heterocycles. The molecule has 0 aliphatic rings. The van der Waals surface area contributed by atoms with Crippen molar-refractivity contribution in [3.8, 4) is 5.75 Å². The second kappa shape index (κ2) is 7.39. The topological polar surface area (TPSA) is 9.23 Å². The lowest BCUT2D eigenvalue weighted by atomic mass is 9.96. The summed E-state index contributed by atoms with van der Waals surface area (Å²) < 4.78 is 5.76. The third-order valence-corrected chi connectivity index (χ3v) is 2.92. The molecular weight excluding hydrogens is 232 g/mol. The van der Waals surface area contributed by atoms with Crippen LogP contribution >= 0.6 is 11.6 Å². The molecule has 0 spiro atoms. The fourth-order valence-electron chi connectivity index (χ4n) is 1.72. The fourth-order valence-corrected chi connectivity index (χ4v) is 1.90. The molecule has 1 aromatic rings. The molecule has 0 aliphatic heterocycles. The third kappa shape index (κ3) is 4.43. The Kier molecular flexibility index (Phi) is 6.13. The van der Waals surface area contributed by atoms with E-state index in [4.69, 9.17) is 16.3 Å². The highest BCUT2D eigenvalue weighted by atomic mass is 35.5. The Bertz CT molecular complexity index is 371. The van der Waals surface area contributed by atoms with Crippen molar-refractivity contribution in [2.75, 3.05) is 6.61 Å². The van der Waals surface area contributed by atoms with Gasteiger partial charge in [-0.3, -0.25) is 0 Å². The molecule has 0 bridgehead atoms. The number of hydrogen-bond donors (Lipinski definition) is 0. The van der Waals surface area contributed by atoms with Crippen LogP contribution in [0.1, 0.15) is 45.1 Å². The van der Waals surface area contributed by atoms with Gasteiger partial charge in [-0.1, -0.05) is 37.6 Å². The fraction of sp³-hybridized carbons (Fsp3) is 0.467. The normalized spacial score (nSPS) is 12.9. The van der Waals surface area contributed by atoms with Crippen molar-refractivity contribution in [3.05, 3.63) is 40.9 Å². The molecule has 94 valence electrons. The summed E-state index contributed by atoms with van der Waals surface area (Å²) in [4.78, 5) is 0. The van der Waals surface area contributed by atoms with E-state index < -0.39 is 0 Å². The highest BCUT2D eigenvalue weighted by Gasteiger charge is 2.11. The molecule has 0 N–H and O–H groups in total. The Balaban J connectivity index is 2.89. The van der Waals surface area contributed by atoms with E-state index in [9.17, 15) is 0 Å². The van der Waals surface area contributed by atoms with E-state index in [1.54, 1.807) is 0 Å². The Morgan fingerprint density at radius 3 is 2.82 bits per heavy atom. The van der Waals surface area contributed by atoms with E-state index in [1.807, 2.05) is 25.1 Å². The number of benzene rings is 1. The van der Waals surface area contributed by atoms with Gasteiger partial charge in [0.1, 0.15) is 5.75 Å². The van der Waals surface area contributed by atoms with Gasteiger partial charge in [0.2, 0.25) is 0 Å². The molecule has 0 radical (unpaired) electrons. The molecular formula is C15H21ClO. The van der Waals surface area contributed by atoms with Crippen LogP contribution in [0, 0.1) is 0 Å². The van der Waals surface area contributed by atoms with Crippen LogP contribution in [-0.4, -0.2) is 6.61 Å². The first kappa shape index (κ1) is 14.1. The maximum Gasteiger partial charge on any atom is 0.122 e. The molecule has 2 heteroatoms. The lowest BCUT2D eigenvalue weighted by Crippen LogP contribution is -2.01. The highest BCUT2D eigenvalue weighted by Crippen LogP contribution is 2.31. The first-order chi connectivity index (χ1) is 8.19. The standard InChI is InChI=1S/C15H21ClO/c1-4-6-7-12(3)14-11-13(16)8-9-15(14)17-10-5-2/h4,6,8-9,11-12H,5,7,10H2,1-3H3/b6-4-. The van der Waals surface area contributed by atoms with Crippen molar-refractivity contribution < 1.29 is 4.74 Å². The van der Waals surface area contributed by atoms with Crippen molar-refractivity contribution in [1.29, 1.82) is 0 Å². The number of hydrogen-bond acceptors (Lipinski definition) is 1. The van der Waals surface area contributed by atoms with Crippen LogP contribution in [0.4, 0.5) is 0 Å². The van der Waals surface area contributed by atoms with E-state index in [2.05, 4.69) is 26.0 Å². The maximum absolute atomic E-state index is 6.06. The molecule has 1 unspecified atom stereocenters. The lowest BCUT2D eigenvalue weighted by Gasteiger charge is -2.16. The number of ether oxygens (including phenoxy) is 1. The van der Waals surface area contributed by atoms with E-state index in [-0.39, 0.29) is 0 Å². The summed E-state index contributed by atoms with van der Waals surface area (Å²) in [5.74, 6) is 1.39. The monoisotopic (exact) mass is 252 g/mol. The summed E-state index contributed by atoms with van der Waals surface area (Å²) in [6.07, 6.45) is 6.29. The van der Waals surface area contributed by atoms with Gasteiger partial charge >= 0.3 is 0 Å². The molecule has 0 amide bonds. The summed E-state index contributed by atoms with van der Waals surface area (Å²) in [6.45, 7) is 7.10. The van der Waals surface area contributed by atoms with Crippen molar-refractivity contribution in [2.24, 2.45) is 0 Å². The van der Waals surface area contributed by atoms with Crippen molar-refractivity contribution >= 4 is 11.6 Å².